The summed E-state index contributed by atoms with van der Waals surface area (Å²) in [6.07, 6.45) is 0.0778. The summed E-state index contributed by atoms with van der Waals surface area (Å²) < 4.78 is 1.62. The topological polar surface area (TPSA) is 123 Å². The first kappa shape index (κ1) is 18.0. The van der Waals surface area contributed by atoms with Crippen molar-refractivity contribution in [2.24, 2.45) is 5.73 Å². The lowest BCUT2D eigenvalue weighted by atomic mass is 10.2. The van der Waals surface area contributed by atoms with Gasteiger partial charge in [-0.25, -0.2) is 4.98 Å². The minimum atomic E-state index is -0.488. The third-order valence-corrected chi connectivity index (χ3v) is 4.73. The second-order valence-corrected chi connectivity index (χ2v) is 6.76. The van der Waals surface area contributed by atoms with Gasteiger partial charge in [-0.15, -0.1) is 11.3 Å². The number of nitrogens with zero attached hydrogens (tertiary/aromatic N) is 2. The SMILES string of the molecule is NC(=O)Cc1csc(NC(=O)CCn2c(=S)[nH]c3ccccc3c2=O)n1. The number of H-pyrrole nitrogens is 1. The molecule has 0 spiro atoms. The Morgan fingerprint density at radius 3 is 2.88 bits per heavy atom. The van der Waals surface area contributed by atoms with E-state index in [1.54, 1.807) is 23.6 Å². The number of para-hydroxylation sites is 1. The van der Waals surface area contributed by atoms with Gasteiger partial charge in [0.2, 0.25) is 11.8 Å². The van der Waals surface area contributed by atoms with Crippen LogP contribution in [0.25, 0.3) is 10.9 Å². The van der Waals surface area contributed by atoms with E-state index in [0.29, 0.717) is 21.7 Å². The molecule has 3 aromatic rings. The van der Waals surface area contributed by atoms with E-state index in [1.807, 2.05) is 6.07 Å². The van der Waals surface area contributed by atoms with E-state index in [1.165, 1.54) is 15.9 Å². The summed E-state index contributed by atoms with van der Waals surface area (Å²) in [5, 5.41) is 5.18. The number of hydrogen-bond acceptors (Lipinski definition) is 6. The average molecular weight is 389 g/mol. The third-order valence-electron chi connectivity index (χ3n) is 3.61. The molecule has 0 aliphatic heterocycles. The van der Waals surface area contributed by atoms with Crippen molar-refractivity contribution in [1.29, 1.82) is 0 Å². The van der Waals surface area contributed by atoms with Crippen molar-refractivity contribution in [2.75, 3.05) is 5.32 Å². The monoisotopic (exact) mass is 389 g/mol. The molecule has 3 rings (SSSR count). The van der Waals surface area contributed by atoms with Gasteiger partial charge in [-0.3, -0.25) is 19.0 Å². The van der Waals surface area contributed by atoms with Crippen LogP contribution in [-0.2, 0) is 22.6 Å². The number of amides is 2. The zero-order chi connectivity index (χ0) is 18.7. The molecule has 2 aromatic heterocycles. The highest BCUT2D eigenvalue weighted by atomic mass is 32.1. The summed E-state index contributed by atoms with van der Waals surface area (Å²) in [5.41, 5.74) is 6.03. The zero-order valence-electron chi connectivity index (χ0n) is 13.5. The van der Waals surface area contributed by atoms with Crippen LogP contribution < -0.4 is 16.6 Å². The van der Waals surface area contributed by atoms with Crippen molar-refractivity contribution in [3.63, 3.8) is 0 Å². The number of carbonyl (C=O) groups excluding carboxylic acids is 2. The van der Waals surface area contributed by atoms with Crippen LogP contribution in [0.15, 0.2) is 34.4 Å². The molecule has 1 aromatic carbocycles. The molecule has 0 unspecified atom stereocenters. The minimum Gasteiger partial charge on any atom is -0.369 e. The number of aromatic amines is 1. The summed E-state index contributed by atoms with van der Waals surface area (Å²) in [7, 11) is 0. The molecule has 10 heteroatoms. The lowest BCUT2D eigenvalue weighted by Gasteiger charge is -2.07. The summed E-state index contributed by atoms with van der Waals surface area (Å²) in [4.78, 5) is 42.6. The van der Waals surface area contributed by atoms with E-state index in [-0.39, 0.29) is 35.6 Å². The number of nitrogens with one attached hydrogen (secondary N) is 2. The van der Waals surface area contributed by atoms with Gasteiger partial charge in [0.15, 0.2) is 9.90 Å². The van der Waals surface area contributed by atoms with Crippen LogP contribution in [0.2, 0.25) is 0 Å². The van der Waals surface area contributed by atoms with E-state index in [9.17, 15) is 14.4 Å². The van der Waals surface area contributed by atoms with Crippen LogP contribution in [-0.4, -0.2) is 26.3 Å². The molecule has 0 fully saturated rings. The van der Waals surface area contributed by atoms with Crippen LogP contribution in [0.5, 0.6) is 0 Å². The van der Waals surface area contributed by atoms with Crippen LogP contribution in [0, 0.1) is 4.77 Å². The Hall–Kier alpha value is -2.85. The fraction of sp³-hybridized carbons (Fsp3) is 0.188. The van der Waals surface area contributed by atoms with Gasteiger partial charge in [0.05, 0.1) is 23.0 Å². The van der Waals surface area contributed by atoms with Crippen molar-refractivity contribution in [1.82, 2.24) is 14.5 Å². The van der Waals surface area contributed by atoms with Gasteiger partial charge >= 0.3 is 0 Å². The first-order valence-corrected chi connectivity index (χ1v) is 8.97. The second kappa shape index (κ2) is 7.58. The molecule has 0 aliphatic carbocycles. The third kappa shape index (κ3) is 4.03. The largest absolute Gasteiger partial charge is 0.369 e. The molecule has 4 N–H and O–H groups in total. The Morgan fingerprint density at radius 2 is 2.12 bits per heavy atom. The molecule has 0 radical (unpaired) electrons. The minimum absolute atomic E-state index is 0.0218. The number of thiazole rings is 1. The lowest BCUT2D eigenvalue weighted by molar-refractivity contribution is -0.117. The fourth-order valence-corrected chi connectivity index (χ4v) is 3.43. The molecule has 0 saturated heterocycles. The number of hydrogen-bond donors (Lipinski definition) is 3. The average Bonchev–Trinajstić information content (AvgIpc) is 3.00. The molecule has 0 atom stereocenters. The lowest BCUT2D eigenvalue weighted by Crippen LogP contribution is -2.25. The smallest absolute Gasteiger partial charge is 0.262 e. The van der Waals surface area contributed by atoms with Gasteiger partial charge in [-0.05, 0) is 24.4 Å². The summed E-state index contributed by atoms with van der Waals surface area (Å²) in [6, 6.07) is 7.06. The predicted octanol–water partition coefficient (Wildman–Crippen LogP) is 1.57. The summed E-state index contributed by atoms with van der Waals surface area (Å²) in [6.45, 7) is 0.143. The number of anilines is 1. The van der Waals surface area contributed by atoms with Crippen molar-refractivity contribution < 1.29 is 9.59 Å². The maximum absolute atomic E-state index is 12.5. The van der Waals surface area contributed by atoms with E-state index < -0.39 is 5.91 Å². The molecule has 8 nitrogen and oxygen atoms in total. The van der Waals surface area contributed by atoms with Crippen molar-refractivity contribution in [3.8, 4) is 0 Å². The Labute approximate surface area is 156 Å². The maximum atomic E-state index is 12.5. The zero-order valence-corrected chi connectivity index (χ0v) is 15.2. The summed E-state index contributed by atoms with van der Waals surface area (Å²) >= 11 is 6.42. The Balaban J connectivity index is 1.69. The van der Waals surface area contributed by atoms with Crippen LogP contribution in [0.4, 0.5) is 5.13 Å². The molecule has 0 bridgehead atoms. The number of primary amides is 1. The standard InChI is InChI=1S/C16H15N5O3S2/c17-12(22)7-9-8-26-15(18-9)20-13(23)5-6-21-14(24)10-3-1-2-4-11(10)19-16(21)25/h1-4,8H,5-7H2,(H2,17,22)(H,19,25)(H,18,20,23). The van der Waals surface area contributed by atoms with Gasteiger partial charge in [-0.2, -0.15) is 0 Å². The highest BCUT2D eigenvalue weighted by molar-refractivity contribution is 7.71. The second-order valence-electron chi connectivity index (χ2n) is 5.52. The maximum Gasteiger partial charge on any atom is 0.262 e. The Bertz CT molecular complexity index is 1100. The molecule has 134 valence electrons. The highest BCUT2D eigenvalue weighted by Crippen LogP contribution is 2.16. The van der Waals surface area contributed by atoms with E-state index in [0.717, 1.165) is 0 Å². The normalized spacial score (nSPS) is 10.8. The van der Waals surface area contributed by atoms with E-state index in [2.05, 4.69) is 15.3 Å². The first-order chi connectivity index (χ1) is 12.4. The van der Waals surface area contributed by atoms with Crippen LogP contribution in [0.3, 0.4) is 0 Å². The number of nitrogens with two attached hydrogens (primary N) is 1. The number of carbonyl (C=O) groups is 2. The van der Waals surface area contributed by atoms with Gasteiger partial charge in [0.25, 0.3) is 5.56 Å². The number of benzene rings is 1. The molecular formula is C16H15N5O3S2. The molecular weight excluding hydrogens is 374 g/mol. The van der Waals surface area contributed by atoms with Crippen molar-refractivity contribution in [3.05, 3.63) is 50.5 Å². The van der Waals surface area contributed by atoms with Gasteiger partial charge in [0, 0.05) is 18.3 Å². The highest BCUT2D eigenvalue weighted by Gasteiger charge is 2.10. The predicted molar refractivity (Wildman–Crippen MR) is 102 cm³/mol. The van der Waals surface area contributed by atoms with E-state index >= 15 is 0 Å². The van der Waals surface area contributed by atoms with E-state index in [4.69, 9.17) is 18.0 Å². The molecule has 2 heterocycles. The quantitative estimate of drug-likeness (QED) is 0.552. The van der Waals surface area contributed by atoms with Gasteiger partial charge < -0.3 is 16.0 Å². The molecule has 2 amide bonds. The number of rotatable bonds is 6. The van der Waals surface area contributed by atoms with Crippen molar-refractivity contribution >= 4 is 51.4 Å². The van der Waals surface area contributed by atoms with Crippen LogP contribution in [0.1, 0.15) is 12.1 Å². The van der Waals surface area contributed by atoms with Crippen LogP contribution >= 0.6 is 23.6 Å². The Kier molecular flexibility index (Phi) is 5.24. The first-order valence-electron chi connectivity index (χ1n) is 7.68. The van der Waals surface area contributed by atoms with Gasteiger partial charge in [-0.1, -0.05) is 12.1 Å². The number of aromatic nitrogens is 3. The van der Waals surface area contributed by atoms with Crippen molar-refractivity contribution in [2.45, 2.75) is 19.4 Å². The Morgan fingerprint density at radius 1 is 1.35 bits per heavy atom. The number of fused-ring (bicyclic) bond motifs is 1. The molecule has 0 aliphatic rings. The summed E-state index contributed by atoms with van der Waals surface area (Å²) in [5.74, 6) is -0.794. The fourth-order valence-electron chi connectivity index (χ4n) is 2.42. The molecule has 26 heavy (non-hydrogen) atoms. The van der Waals surface area contributed by atoms with Gasteiger partial charge in [0.1, 0.15) is 0 Å². The molecule has 0 saturated carbocycles.